The number of carbonyl (C=O) groups is 2. The minimum atomic E-state index is -0.691. The molecule has 0 unspecified atom stereocenters. The smallest absolute Gasteiger partial charge is 0.265 e. The average molecular weight is 354 g/mol. The lowest BCUT2D eigenvalue weighted by Crippen LogP contribution is -2.33. The van der Waals surface area contributed by atoms with Gasteiger partial charge in [-0.3, -0.25) is 9.59 Å². The molecule has 2 amide bonds. The topological polar surface area (TPSA) is 67.4 Å². The van der Waals surface area contributed by atoms with Gasteiger partial charge in [0, 0.05) is 6.04 Å². The van der Waals surface area contributed by atoms with Crippen LogP contribution in [0.3, 0.4) is 0 Å². The van der Waals surface area contributed by atoms with Gasteiger partial charge < -0.3 is 15.4 Å². The summed E-state index contributed by atoms with van der Waals surface area (Å²) in [7, 11) is 0. The van der Waals surface area contributed by atoms with Crippen LogP contribution in [0.2, 0.25) is 0 Å². The largest absolute Gasteiger partial charge is 0.481 e. The molecular weight excluding hydrogens is 328 g/mol. The standard InChI is InChI=1S/C21H26N2O3/c1-5-16-10-12-17(13-11-16)26-15(4)20(24)23-19-9-7-6-8-18(19)21(25)22-14(2)3/h6-15H,5H2,1-4H3,(H,22,25)(H,23,24)/t15-/m0/s1. The Morgan fingerprint density at radius 1 is 1.00 bits per heavy atom. The van der Waals surface area contributed by atoms with Crippen molar-refractivity contribution in [1.82, 2.24) is 5.32 Å². The Labute approximate surface area is 154 Å². The van der Waals surface area contributed by atoms with E-state index >= 15 is 0 Å². The molecule has 2 N–H and O–H groups in total. The second-order valence-electron chi connectivity index (χ2n) is 6.42. The van der Waals surface area contributed by atoms with Crippen molar-refractivity contribution in [3.05, 3.63) is 59.7 Å². The van der Waals surface area contributed by atoms with Crippen molar-refractivity contribution in [2.75, 3.05) is 5.32 Å². The highest BCUT2D eigenvalue weighted by atomic mass is 16.5. The molecule has 0 aliphatic carbocycles. The zero-order chi connectivity index (χ0) is 19.1. The SMILES string of the molecule is CCc1ccc(O[C@@H](C)C(=O)Nc2ccccc2C(=O)NC(C)C)cc1. The van der Waals surface area contributed by atoms with Crippen LogP contribution in [0, 0.1) is 0 Å². The first kappa shape index (κ1) is 19.5. The van der Waals surface area contributed by atoms with Gasteiger partial charge in [0.2, 0.25) is 0 Å². The predicted molar refractivity (Wildman–Crippen MR) is 104 cm³/mol. The molecule has 0 fully saturated rings. The molecule has 0 aliphatic rings. The summed E-state index contributed by atoms with van der Waals surface area (Å²) in [6.45, 7) is 7.54. The Morgan fingerprint density at radius 2 is 1.65 bits per heavy atom. The van der Waals surface area contributed by atoms with E-state index in [1.54, 1.807) is 31.2 Å². The maximum absolute atomic E-state index is 12.5. The summed E-state index contributed by atoms with van der Waals surface area (Å²) < 4.78 is 5.70. The van der Waals surface area contributed by atoms with Crippen molar-refractivity contribution in [3.63, 3.8) is 0 Å². The van der Waals surface area contributed by atoms with E-state index in [0.717, 1.165) is 6.42 Å². The molecule has 0 saturated carbocycles. The van der Waals surface area contributed by atoms with Crippen LogP contribution in [-0.2, 0) is 11.2 Å². The second kappa shape index (κ2) is 9.04. The highest BCUT2D eigenvalue weighted by molar-refractivity contribution is 6.04. The number of hydrogen-bond acceptors (Lipinski definition) is 3. The van der Waals surface area contributed by atoms with E-state index < -0.39 is 6.10 Å². The van der Waals surface area contributed by atoms with Crippen LogP contribution >= 0.6 is 0 Å². The van der Waals surface area contributed by atoms with Crippen LogP contribution in [0.15, 0.2) is 48.5 Å². The minimum Gasteiger partial charge on any atom is -0.481 e. The summed E-state index contributed by atoms with van der Waals surface area (Å²) in [5.41, 5.74) is 2.10. The summed E-state index contributed by atoms with van der Waals surface area (Å²) in [5.74, 6) is 0.102. The van der Waals surface area contributed by atoms with Gasteiger partial charge >= 0.3 is 0 Å². The fraction of sp³-hybridized carbons (Fsp3) is 0.333. The molecule has 0 aliphatic heterocycles. The van der Waals surface area contributed by atoms with Gasteiger partial charge in [-0.1, -0.05) is 31.2 Å². The molecule has 138 valence electrons. The molecule has 0 saturated heterocycles. The lowest BCUT2D eigenvalue weighted by Gasteiger charge is -2.17. The summed E-state index contributed by atoms with van der Waals surface area (Å²) in [5, 5.41) is 5.61. The van der Waals surface area contributed by atoms with E-state index in [0.29, 0.717) is 17.0 Å². The Bertz CT molecular complexity index is 754. The van der Waals surface area contributed by atoms with Crippen molar-refractivity contribution in [1.29, 1.82) is 0 Å². The predicted octanol–water partition coefficient (Wildman–Crippen LogP) is 3.79. The highest BCUT2D eigenvalue weighted by Gasteiger charge is 2.18. The number of hydrogen-bond donors (Lipinski definition) is 2. The van der Waals surface area contributed by atoms with Gasteiger partial charge in [-0.05, 0) is 57.0 Å². The quantitative estimate of drug-likeness (QED) is 0.795. The molecule has 5 nitrogen and oxygen atoms in total. The Kier molecular flexibility index (Phi) is 6.78. The summed E-state index contributed by atoms with van der Waals surface area (Å²) in [6, 6.07) is 14.6. The lowest BCUT2D eigenvalue weighted by atomic mass is 10.1. The van der Waals surface area contributed by atoms with Crippen molar-refractivity contribution >= 4 is 17.5 Å². The Balaban J connectivity index is 2.05. The third-order valence-corrected chi connectivity index (χ3v) is 3.86. The molecule has 2 aromatic rings. The normalized spacial score (nSPS) is 11.7. The lowest BCUT2D eigenvalue weighted by molar-refractivity contribution is -0.122. The van der Waals surface area contributed by atoms with Gasteiger partial charge in [0.25, 0.3) is 11.8 Å². The van der Waals surface area contributed by atoms with Crippen LogP contribution in [0.4, 0.5) is 5.69 Å². The van der Waals surface area contributed by atoms with Gasteiger partial charge in [0.15, 0.2) is 6.10 Å². The van der Waals surface area contributed by atoms with Gasteiger partial charge in [0.05, 0.1) is 11.3 Å². The van der Waals surface area contributed by atoms with Crippen molar-refractivity contribution in [2.24, 2.45) is 0 Å². The van der Waals surface area contributed by atoms with Gasteiger partial charge in [-0.15, -0.1) is 0 Å². The molecule has 2 rings (SSSR count). The van der Waals surface area contributed by atoms with E-state index in [2.05, 4.69) is 17.6 Å². The van der Waals surface area contributed by atoms with Crippen LogP contribution in [0.25, 0.3) is 0 Å². The fourth-order valence-electron chi connectivity index (χ4n) is 2.43. The van der Waals surface area contributed by atoms with Crippen LogP contribution in [-0.4, -0.2) is 24.0 Å². The van der Waals surface area contributed by atoms with E-state index in [4.69, 9.17) is 4.74 Å². The van der Waals surface area contributed by atoms with Gasteiger partial charge in [-0.25, -0.2) is 0 Å². The van der Waals surface area contributed by atoms with Crippen molar-refractivity contribution in [2.45, 2.75) is 46.3 Å². The Hall–Kier alpha value is -2.82. The van der Waals surface area contributed by atoms with Crippen LogP contribution < -0.4 is 15.4 Å². The first-order chi connectivity index (χ1) is 12.4. The molecule has 2 aromatic carbocycles. The second-order valence-corrected chi connectivity index (χ2v) is 6.42. The number of amides is 2. The summed E-state index contributed by atoms with van der Waals surface area (Å²) in [4.78, 5) is 24.8. The number of rotatable bonds is 7. The Morgan fingerprint density at radius 3 is 2.27 bits per heavy atom. The highest BCUT2D eigenvalue weighted by Crippen LogP contribution is 2.18. The number of ether oxygens (including phenoxy) is 1. The molecule has 0 bridgehead atoms. The molecule has 0 radical (unpaired) electrons. The van der Waals surface area contributed by atoms with E-state index in [1.807, 2.05) is 38.1 Å². The zero-order valence-electron chi connectivity index (χ0n) is 15.7. The maximum Gasteiger partial charge on any atom is 0.265 e. The molecule has 5 heteroatoms. The molecular formula is C21H26N2O3. The van der Waals surface area contributed by atoms with E-state index in [-0.39, 0.29) is 17.9 Å². The van der Waals surface area contributed by atoms with Gasteiger partial charge in [-0.2, -0.15) is 0 Å². The van der Waals surface area contributed by atoms with Gasteiger partial charge in [0.1, 0.15) is 5.75 Å². The first-order valence-corrected chi connectivity index (χ1v) is 8.87. The average Bonchev–Trinajstić information content (AvgIpc) is 2.62. The summed E-state index contributed by atoms with van der Waals surface area (Å²) in [6.07, 6.45) is 0.259. The van der Waals surface area contributed by atoms with Crippen molar-refractivity contribution < 1.29 is 14.3 Å². The van der Waals surface area contributed by atoms with Crippen LogP contribution in [0.1, 0.15) is 43.6 Å². The summed E-state index contributed by atoms with van der Waals surface area (Å²) >= 11 is 0. The third-order valence-electron chi connectivity index (χ3n) is 3.86. The zero-order valence-corrected chi connectivity index (χ0v) is 15.7. The van der Waals surface area contributed by atoms with E-state index in [1.165, 1.54) is 5.56 Å². The number of nitrogens with one attached hydrogen (secondary N) is 2. The molecule has 1 atom stereocenters. The number of benzene rings is 2. The number of para-hydroxylation sites is 1. The molecule has 0 spiro atoms. The van der Waals surface area contributed by atoms with E-state index in [9.17, 15) is 9.59 Å². The monoisotopic (exact) mass is 354 g/mol. The number of anilines is 1. The molecule has 0 heterocycles. The third kappa shape index (κ3) is 5.34. The molecule has 0 aromatic heterocycles. The number of carbonyl (C=O) groups excluding carboxylic acids is 2. The minimum absolute atomic E-state index is 0.0135. The fourth-order valence-corrected chi connectivity index (χ4v) is 2.43. The molecule has 26 heavy (non-hydrogen) atoms. The number of aryl methyl sites for hydroxylation is 1. The maximum atomic E-state index is 12.5. The first-order valence-electron chi connectivity index (χ1n) is 8.87. The van der Waals surface area contributed by atoms with Crippen LogP contribution in [0.5, 0.6) is 5.75 Å². The van der Waals surface area contributed by atoms with Crippen molar-refractivity contribution in [3.8, 4) is 5.75 Å².